The first kappa shape index (κ1) is 17.7. The van der Waals surface area contributed by atoms with Crippen LogP contribution < -0.4 is 10.4 Å². The molecule has 0 aliphatic carbocycles. The predicted molar refractivity (Wildman–Crippen MR) is 68.5 cm³/mol. The normalized spacial score (nSPS) is 15.5. The molecule has 0 spiro atoms. The van der Waals surface area contributed by atoms with Crippen LogP contribution in [-0.2, 0) is 14.3 Å². The number of carboxylic acids is 1. The summed E-state index contributed by atoms with van der Waals surface area (Å²) in [6.45, 7) is 12.0. The Kier molecular flexibility index (Phi) is 5.81. The molecule has 0 aromatic rings. The number of rotatable bonds is 4. The third-order valence-electron chi connectivity index (χ3n) is 1.94. The van der Waals surface area contributed by atoms with Crippen molar-refractivity contribution in [3.8, 4) is 0 Å². The standard InChI is InChI=1S/C13H25NO5/c1-8(18-12(2,3)4)9(10(15)16)14-11(17)19-13(5,6)7/h8-9H,1-7H3,(H,14,17)(H,15,16)/p-1/t8-,9+/m1/s1. The van der Waals surface area contributed by atoms with Gasteiger partial charge in [-0.2, -0.15) is 0 Å². The van der Waals surface area contributed by atoms with Crippen molar-refractivity contribution in [3.63, 3.8) is 0 Å². The summed E-state index contributed by atoms with van der Waals surface area (Å²) in [5.74, 6) is -1.41. The molecule has 112 valence electrons. The topological polar surface area (TPSA) is 87.7 Å². The molecule has 0 aliphatic rings. The van der Waals surface area contributed by atoms with Gasteiger partial charge in [-0.05, 0) is 48.5 Å². The van der Waals surface area contributed by atoms with Crippen molar-refractivity contribution >= 4 is 12.1 Å². The number of carbonyl (C=O) groups excluding carboxylic acids is 2. The fraction of sp³-hybridized carbons (Fsp3) is 0.846. The van der Waals surface area contributed by atoms with Gasteiger partial charge in [0.25, 0.3) is 0 Å². The van der Waals surface area contributed by atoms with Crippen LogP contribution in [0.15, 0.2) is 0 Å². The zero-order chi connectivity index (χ0) is 15.4. The molecule has 0 radical (unpaired) electrons. The van der Waals surface area contributed by atoms with Gasteiger partial charge >= 0.3 is 6.09 Å². The number of hydrogen-bond acceptors (Lipinski definition) is 5. The third kappa shape index (κ3) is 8.42. The van der Waals surface area contributed by atoms with Crippen LogP contribution >= 0.6 is 0 Å². The largest absolute Gasteiger partial charge is 0.548 e. The van der Waals surface area contributed by atoms with E-state index in [2.05, 4.69) is 5.32 Å². The summed E-state index contributed by atoms with van der Waals surface area (Å²) >= 11 is 0. The predicted octanol–water partition coefficient (Wildman–Crippen LogP) is 0.833. The monoisotopic (exact) mass is 274 g/mol. The summed E-state index contributed by atoms with van der Waals surface area (Å²) in [5.41, 5.74) is -1.22. The first-order valence-corrected chi connectivity index (χ1v) is 6.20. The summed E-state index contributed by atoms with van der Waals surface area (Å²) in [4.78, 5) is 22.6. The van der Waals surface area contributed by atoms with Gasteiger partial charge in [0.15, 0.2) is 0 Å². The lowest BCUT2D eigenvalue weighted by molar-refractivity contribution is -0.311. The first-order valence-electron chi connectivity index (χ1n) is 6.20. The summed E-state index contributed by atoms with van der Waals surface area (Å²) < 4.78 is 10.5. The van der Waals surface area contributed by atoms with Crippen LogP contribution in [0, 0.1) is 0 Å². The molecule has 6 heteroatoms. The van der Waals surface area contributed by atoms with Crippen LogP contribution in [0.3, 0.4) is 0 Å². The molecule has 0 aromatic carbocycles. The van der Waals surface area contributed by atoms with Gasteiger partial charge in [0.1, 0.15) is 5.60 Å². The Labute approximate surface area is 114 Å². The maximum absolute atomic E-state index is 11.6. The minimum absolute atomic E-state index is 0.525. The number of alkyl carbamates (subject to hydrolysis) is 1. The van der Waals surface area contributed by atoms with Crippen molar-refractivity contribution in [2.24, 2.45) is 0 Å². The molecule has 0 unspecified atom stereocenters. The van der Waals surface area contributed by atoms with E-state index in [9.17, 15) is 14.7 Å². The number of ether oxygens (including phenoxy) is 2. The lowest BCUT2D eigenvalue weighted by atomic mass is 10.1. The molecule has 0 saturated heterocycles. The minimum atomic E-state index is -1.41. The molecule has 2 atom stereocenters. The van der Waals surface area contributed by atoms with E-state index < -0.39 is 35.4 Å². The average molecular weight is 274 g/mol. The Hall–Kier alpha value is -1.30. The molecule has 6 nitrogen and oxygen atoms in total. The molecule has 0 bridgehead atoms. The molecule has 0 heterocycles. The van der Waals surface area contributed by atoms with E-state index in [1.54, 1.807) is 48.5 Å². The van der Waals surface area contributed by atoms with E-state index in [-0.39, 0.29) is 0 Å². The van der Waals surface area contributed by atoms with Gasteiger partial charge in [0.05, 0.1) is 23.7 Å². The van der Waals surface area contributed by atoms with Gasteiger partial charge in [-0.15, -0.1) is 0 Å². The molecule has 0 aromatic heterocycles. The summed E-state index contributed by atoms with van der Waals surface area (Å²) in [6.07, 6.45) is -1.55. The number of carbonyl (C=O) groups is 2. The summed E-state index contributed by atoms with van der Waals surface area (Å²) in [7, 11) is 0. The molecular formula is C13H24NO5-. The second-order valence-electron chi connectivity index (χ2n) is 6.38. The molecular weight excluding hydrogens is 250 g/mol. The molecule has 1 N–H and O–H groups in total. The van der Waals surface area contributed by atoms with Crippen molar-refractivity contribution < 1.29 is 24.2 Å². The van der Waals surface area contributed by atoms with Crippen molar-refractivity contribution in [2.45, 2.75) is 71.8 Å². The van der Waals surface area contributed by atoms with Gasteiger partial charge in [-0.25, -0.2) is 4.79 Å². The highest BCUT2D eigenvalue weighted by molar-refractivity contribution is 5.79. The molecule has 0 rings (SSSR count). The van der Waals surface area contributed by atoms with Crippen molar-refractivity contribution in [3.05, 3.63) is 0 Å². The third-order valence-corrected chi connectivity index (χ3v) is 1.94. The van der Waals surface area contributed by atoms with E-state index in [4.69, 9.17) is 9.47 Å². The van der Waals surface area contributed by atoms with Crippen LogP contribution in [0.5, 0.6) is 0 Å². The molecule has 19 heavy (non-hydrogen) atoms. The quantitative estimate of drug-likeness (QED) is 0.820. The van der Waals surface area contributed by atoms with Crippen LogP contribution in [0.25, 0.3) is 0 Å². The van der Waals surface area contributed by atoms with Crippen LogP contribution in [-0.4, -0.2) is 35.4 Å². The van der Waals surface area contributed by atoms with E-state index in [0.29, 0.717) is 0 Å². The smallest absolute Gasteiger partial charge is 0.408 e. The zero-order valence-corrected chi connectivity index (χ0v) is 12.7. The van der Waals surface area contributed by atoms with E-state index in [1.807, 2.05) is 0 Å². The number of nitrogens with one attached hydrogen (secondary N) is 1. The lowest BCUT2D eigenvalue weighted by Gasteiger charge is -2.32. The lowest BCUT2D eigenvalue weighted by Crippen LogP contribution is -2.56. The van der Waals surface area contributed by atoms with Gasteiger partial charge < -0.3 is 24.7 Å². The Morgan fingerprint density at radius 1 is 1.05 bits per heavy atom. The number of carboxylic acid groups (broad SMARTS) is 1. The SMILES string of the molecule is C[C@@H](OC(C)(C)C)[C@H](NC(=O)OC(C)(C)C)C(=O)[O-]. The Balaban J connectivity index is 4.67. The van der Waals surface area contributed by atoms with Crippen molar-refractivity contribution in [1.82, 2.24) is 5.32 Å². The van der Waals surface area contributed by atoms with E-state index >= 15 is 0 Å². The second-order valence-corrected chi connectivity index (χ2v) is 6.38. The van der Waals surface area contributed by atoms with Gasteiger partial charge in [0.2, 0.25) is 0 Å². The molecule has 1 amide bonds. The highest BCUT2D eigenvalue weighted by atomic mass is 16.6. The van der Waals surface area contributed by atoms with Gasteiger partial charge in [-0.1, -0.05) is 0 Å². The van der Waals surface area contributed by atoms with Gasteiger partial charge in [-0.3, -0.25) is 0 Å². The summed E-state index contributed by atoms with van der Waals surface area (Å²) in [5, 5.41) is 13.3. The average Bonchev–Trinajstić information content (AvgIpc) is 2.07. The van der Waals surface area contributed by atoms with Gasteiger partial charge in [0, 0.05) is 0 Å². The van der Waals surface area contributed by atoms with E-state index in [1.165, 1.54) is 0 Å². The Bertz CT molecular complexity index is 327. The van der Waals surface area contributed by atoms with Crippen LogP contribution in [0.1, 0.15) is 48.5 Å². The zero-order valence-electron chi connectivity index (χ0n) is 12.7. The fourth-order valence-corrected chi connectivity index (χ4v) is 1.43. The fourth-order valence-electron chi connectivity index (χ4n) is 1.43. The van der Waals surface area contributed by atoms with Crippen molar-refractivity contribution in [1.29, 1.82) is 0 Å². The Morgan fingerprint density at radius 3 is 1.84 bits per heavy atom. The molecule has 0 fully saturated rings. The summed E-state index contributed by atoms with van der Waals surface area (Å²) in [6, 6.07) is -1.27. The number of hydrogen-bond donors (Lipinski definition) is 1. The van der Waals surface area contributed by atoms with Crippen molar-refractivity contribution in [2.75, 3.05) is 0 Å². The first-order chi connectivity index (χ1) is 8.32. The number of aliphatic carboxylic acids is 1. The van der Waals surface area contributed by atoms with Crippen LogP contribution in [0.2, 0.25) is 0 Å². The van der Waals surface area contributed by atoms with Crippen LogP contribution in [0.4, 0.5) is 4.79 Å². The highest BCUT2D eigenvalue weighted by Crippen LogP contribution is 2.13. The molecule has 0 aliphatic heterocycles. The minimum Gasteiger partial charge on any atom is -0.548 e. The Morgan fingerprint density at radius 2 is 1.53 bits per heavy atom. The number of amides is 1. The van der Waals surface area contributed by atoms with E-state index in [0.717, 1.165) is 0 Å². The highest BCUT2D eigenvalue weighted by Gasteiger charge is 2.27. The second kappa shape index (κ2) is 6.23. The maximum Gasteiger partial charge on any atom is 0.408 e. The maximum atomic E-state index is 11.6. The molecule has 0 saturated carbocycles.